The fraction of sp³-hybridized carbons (Fsp3) is 0.762. The van der Waals surface area contributed by atoms with Crippen LogP contribution in [0.2, 0.25) is 0 Å². The second-order valence-electron chi connectivity index (χ2n) is 8.56. The number of hydrogen-bond donors (Lipinski definition) is 1. The zero-order valence-corrected chi connectivity index (χ0v) is 16.7. The van der Waals surface area contributed by atoms with E-state index in [9.17, 15) is 9.59 Å². The number of hydrogen-bond acceptors (Lipinski definition) is 5. The van der Waals surface area contributed by atoms with E-state index in [1.807, 2.05) is 6.92 Å². The van der Waals surface area contributed by atoms with Crippen LogP contribution in [0.5, 0.6) is 0 Å². The third-order valence-corrected chi connectivity index (χ3v) is 6.20. The summed E-state index contributed by atoms with van der Waals surface area (Å²) < 4.78 is 11.0. The molecule has 2 heterocycles. The van der Waals surface area contributed by atoms with Crippen LogP contribution in [0.1, 0.15) is 61.8 Å². The molecule has 7 nitrogen and oxygen atoms in total. The molecule has 154 valence electrons. The van der Waals surface area contributed by atoms with Crippen molar-refractivity contribution in [2.45, 2.75) is 58.0 Å². The van der Waals surface area contributed by atoms with Crippen LogP contribution in [0.25, 0.3) is 0 Å². The van der Waals surface area contributed by atoms with Crippen molar-refractivity contribution >= 4 is 11.8 Å². The molecule has 2 aliphatic carbocycles. The third-order valence-electron chi connectivity index (χ3n) is 6.20. The number of carbonyl (C=O) groups is 2. The van der Waals surface area contributed by atoms with Gasteiger partial charge in [0.2, 0.25) is 5.91 Å². The molecule has 0 aromatic carbocycles. The van der Waals surface area contributed by atoms with Crippen molar-refractivity contribution in [2.75, 3.05) is 26.2 Å². The fourth-order valence-electron chi connectivity index (χ4n) is 4.01. The minimum atomic E-state index is -0.262. The molecule has 1 aromatic heterocycles. The first kappa shape index (κ1) is 19.4. The molecule has 3 fully saturated rings. The van der Waals surface area contributed by atoms with Crippen molar-refractivity contribution < 1.29 is 18.7 Å². The van der Waals surface area contributed by atoms with E-state index in [0.29, 0.717) is 49.4 Å². The number of rotatable bonds is 9. The van der Waals surface area contributed by atoms with E-state index in [0.717, 1.165) is 13.1 Å². The predicted octanol–water partition coefficient (Wildman–Crippen LogP) is 2.41. The highest BCUT2D eigenvalue weighted by Crippen LogP contribution is 2.34. The molecule has 0 bridgehead atoms. The molecule has 28 heavy (non-hydrogen) atoms. The first-order chi connectivity index (χ1) is 13.6. The second-order valence-corrected chi connectivity index (χ2v) is 8.56. The Bertz CT molecular complexity index is 696. The summed E-state index contributed by atoms with van der Waals surface area (Å²) in [5, 5.41) is 2.85. The topological polar surface area (TPSA) is 84.7 Å². The highest BCUT2D eigenvalue weighted by molar-refractivity contribution is 5.91. The van der Waals surface area contributed by atoms with Gasteiger partial charge in [0.05, 0.1) is 18.6 Å². The summed E-state index contributed by atoms with van der Waals surface area (Å²) in [5.74, 6) is 1.85. The van der Waals surface area contributed by atoms with Crippen molar-refractivity contribution in [3.8, 4) is 0 Å². The van der Waals surface area contributed by atoms with Crippen LogP contribution in [-0.4, -0.2) is 54.0 Å². The summed E-state index contributed by atoms with van der Waals surface area (Å²) in [4.78, 5) is 31.5. The minimum Gasteiger partial charge on any atom is -0.448 e. The van der Waals surface area contributed by atoms with Crippen molar-refractivity contribution in [3.63, 3.8) is 0 Å². The average molecular weight is 389 g/mol. The fourth-order valence-corrected chi connectivity index (χ4v) is 4.01. The lowest BCUT2D eigenvalue weighted by atomic mass is 9.85. The van der Waals surface area contributed by atoms with E-state index < -0.39 is 0 Å². The number of nitrogens with zero attached hydrogens (tertiary/aromatic N) is 2. The highest BCUT2D eigenvalue weighted by Gasteiger charge is 2.37. The monoisotopic (exact) mass is 389 g/mol. The van der Waals surface area contributed by atoms with Gasteiger partial charge in [0.1, 0.15) is 6.26 Å². The van der Waals surface area contributed by atoms with E-state index >= 15 is 0 Å². The maximum absolute atomic E-state index is 13.1. The van der Waals surface area contributed by atoms with Gasteiger partial charge < -0.3 is 19.4 Å². The number of ether oxygens (including phenoxy) is 1. The van der Waals surface area contributed by atoms with Gasteiger partial charge in [-0.05, 0) is 43.9 Å². The summed E-state index contributed by atoms with van der Waals surface area (Å²) in [6.45, 7) is 4.60. The van der Waals surface area contributed by atoms with E-state index in [2.05, 4.69) is 15.2 Å². The average Bonchev–Trinajstić information content (AvgIpc) is 3.17. The third kappa shape index (κ3) is 4.74. The lowest BCUT2D eigenvalue weighted by molar-refractivity contribution is -0.136. The Hall–Kier alpha value is -1.89. The zero-order chi connectivity index (χ0) is 19.5. The molecular formula is C21H31N3O4. The summed E-state index contributed by atoms with van der Waals surface area (Å²) in [7, 11) is 0. The normalized spacial score (nSPS) is 24.8. The van der Waals surface area contributed by atoms with Crippen LogP contribution >= 0.6 is 0 Å². The molecule has 0 unspecified atom stereocenters. The van der Waals surface area contributed by atoms with Gasteiger partial charge in [0.15, 0.2) is 11.6 Å². The van der Waals surface area contributed by atoms with Gasteiger partial charge in [-0.25, -0.2) is 4.98 Å². The van der Waals surface area contributed by atoms with Crippen molar-refractivity contribution in [1.82, 2.24) is 15.2 Å². The number of amides is 2. The van der Waals surface area contributed by atoms with Crippen LogP contribution in [0, 0.1) is 17.8 Å². The Morgan fingerprint density at radius 3 is 2.57 bits per heavy atom. The predicted molar refractivity (Wildman–Crippen MR) is 103 cm³/mol. The number of aromatic nitrogens is 1. The number of carbonyl (C=O) groups excluding carboxylic acids is 2. The maximum atomic E-state index is 13.1. The molecule has 1 N–H and O–H groups in total. The molecule has 0 spiro atoms. The molecule has 4 rings (SSSR count). The number of aryl methyl sites for hydroxylation is 1. The van der Waals surface area contributed by atoms with Gasteiger partial charge >= 0.3 is 0 Å². The van der Waals surface area contributed by atoms with E-state index in [1.54, 1.807) is 0 Å². The highest BCUT2D eigenvalue weighted by atomic mass is 16.5. The molecule has 0 radical (unpaired) electrons. The summed E-state index contributed by atoms with van der Waals surface area (Å²) in [6, 6.07) is 0. The molecule has 7 heteroatoms. The lowest BCUT2D eigenvalue weighted by Gasteiger charge is -2.33. The zero-order valence-electron chi connectivity index (χ0n) is 16.7. The molecule has 1 aromatic rings. The second kappa shape index (κ2) is 8.64. The summed E-state index contributed by atoms with van der Waals surface area (Å²) >= 11 is 0. The van der Waals surface area contributed by atoms with Crippen molar-refractivity contribution in [2.24, 2.45) is 17.8 Å². The molecule has 1 saturated heterocycles. The Labute approximate surface area is 166 Å². The molecule has 2 amide bonds. The van der Waals surface area contributed by atoms with Gasteiger partial charge in [-0.3, -0.25) is 9.59 Å². The van der Waals surface area contributed by atoms with Gasteiger partial charge in [-0.2, -0.15) is 0 Å². The number of oxazole rings is 1. The number of nitrogens with one attached hydrogen (secondary N) is 1. The molecule has 3 aliphatic rings. The van der Waals surface area contributed by atoms with E-state index in [1.165, 1.54) is 38.4 Å². The Balaban J connectivity index is 1.25. The minimum absolute atomic E-state index is 0.0838. The van der Waals surface area contributed by atoms with Gasteiger partial charge in [0.25, 0.3) is 5.91 Å². The molecule has 2 atom stereocenters. The Kier molecular flexibility index (Phi) is 5.99. The van der Waals surface area contributed by atoms with Crippen LogP contribution in [-0.2, 0) is 16.0 Å². The summed E-state index contributed by atoms with van der Waals surface area (Å²) in [6.07, 6.45) is 8.91. The lowest BCUT2D eigenvalue weighted by Crippen LogP contribution is -2.42. The first-order valence-corrected chi connectivity index (χ1v) is 10.7. The van der Waals surface area contributed by atoms with Gasteiger partial charge in [0, 0.05) is 26.1 Å². The molecule has 2 saturated carbocycles. The van der Waals surface area contributed by atoms with Crippen LogP contribution < -0.4 is 5.32 Å². The SMILES string of the molecule is CCc1nc(C(=O)NC[C@@H]2C[C@H](C(=O)N(CC3CCC3)CC3CC3)CO2)co1. The molecule has 1 aliphatic heterocycles. The van der Waals surface area contributed by atoms with Crippen LogP contribution in [0.3, 0.4) is 0 Å². The van der Waals surface area contributed by atoms with Gasteiger partial charge in [-0.1, -0.05) is 13.3 Å². The standard InChI is InChI=1S/C21H31N3O4/c1-2-19-23-18(13-28-19)20(25)22-9-17-8-16(12-27-17)21(26)24(11-15-6-7-15)10-14-4-3-5-14/h13-17H,2-12H2,1H3,(H,22,25)/t16-,17-/m0/s1. The van der Waals surface area contributed by atoms with E-state index in [-0.39, 0.29) is 23.8 Å². The summed E-state index contributed by atoms with van der Waals surface area (Å²) in [5.41, 5.74) is 0.290. The van der Waals surface area contributed by atoms with E-state index in [4.69, 9.17) is 9.15 Å². The Morgan fingerprint density at radius 2 is 1.96 bits per heavy atom. The van der Waals surface area contributed by atoms with Crippen LogP contribution in [0.15, 0.2) is 10.7 Å². The van der Waals surface area contributed by atoms with Crippen LogP contribution in [0.4, 0.5) is 0 Å². The maximum Gasteiger partial charge on any atom is 0.273 e. The first-order valence-electron chi connectivity index (χ1n) is 10.7. The quantitative estimate of drug-likeness (QED) is 0.701. The van der Waals surface area contributed by atoms with Crippen molar-refractivity contribution in [1.29, 1.82) is 0 Å². The smallest absolute Gasteiger partial charge is 0.273 e. The van der Waals surface area contributed by atoms with Gasteiger partial charge in [-0.15, -0.1) is 0 Å². The largest absolute Gasteiger partial charge is 0.448 e. The Morgan fingerprint density at radius 1 is 1.21 bits per heavy atom. The van der Waals surface area contributed by atoms with Crippen molar-refractivity contribution in [3.05, 3.63) is 17.8 Å². The molecular weight excluding hydrogens is 358 g/mol.